The van der Waals surface area contributed by atoms with E-state index in [2.05, 4.69) is 30.6 Å². The van der Waals surface area contributed by atoms with Crippen LogP contribution in [0.5, 0.6) is 11.5 Å². The first-order valence-corrected chi connectivity index (χ1v) is 10.1. The monoisotopic (exact) mass is 483 g/mol. The van der Waals surface area contributed by atoms with E-state index in [0.717, 1.165) is 16.8 Å². The first-order chi connectivity index (χ1) is 16.8. The van der Waals surface area contributed by atoms with Crippen molar-refractivity contribution in [2.75, 3.05) is 19.5 Å². The van der Waals surface area contributed by atoms with Gasteiger partial charge in [-0.15, -0.1) is 0 Å². The van der Waals surface area contributed by atoms with Gasteiger partial charge in [-0.25, -0.2) is 9.97 Å². The molecule has 13 heteroatoms. The van der Waals surface area contributed by atoms with Crippen LogP contribution in [-0.2, 0) is 6.18 Å². The number of benzene rings is 2. The van der Waals surface area contributed by atoms with Crippen LogP contribution in [0.3, 0.4) is 0 Å². The lowest BCUT2D eigenvalue weighted by Gasteiger charge is -2.11. The van der Waals surface area contributed by atoms with Crippen molar-refractivity contribution in [2.24, 2.45) is 0 Å². The predicted molar refractivity (Wildman–Crippen MR) is 120 cm³/mol. The highest BCUT2D eigenvalue weighted by Gasteiger charge is 2.30. The number of fused-ring (bicyclic) bond motifs is 2. The maximum atomic E-state index is 13.2. The average molecular weight is 483 g/mol. The number of methoxy groups -OCH3 is 2. The summed E-state index contributed by atoms with van der Waals surface area (Å²) in [4.78, 5) is 21.1. The fourth-order valence-electron chi connectivity index (χ4n) is 3.57. The van der Waals surface area contributed by atoms with Gasteiger partial charge in [0.25, 0.3) is 5.56 Å². The molecule has 0 saturated heterocycles. The number of aromatic nitrogens is 6. The Labute approximate surface area is 194 Å². The molecule has 0 aliphatic rings. The molecule has 3 aromatic heterocycles. The zero-order chi connectivity index (χ0) is 24.7. The molecule has 2 aromatic carbocycles. The number of nitrogens with one attached hydrogen (secondary N) is 2. The summed E-state index contributed by atoms with van der Waals surface area (Å²) in [6, 6.07) is 8.92. The number of halogens is 3. The smallest absolute Gasteiger partial charge is 0.416 e. The highest BCUT2D eigenvalue weighted by molar-refractivity contribution is 5.95. The lowest BCUT2D eigenvalue weighted by molar-refractivity contribution is -0.137. The van der Waals surface area contributed by atoms with E-state index in [1.165, 1.54) is 38.7 Å². The lowest BCUT2D eigenvalue weighted by atomic mass is 10.2. The van der Waals surface area contributed by atoms with Crippen molar-refractivity contribution < 1.29 is 22.6 Å². The minimum absolute atomic E-state index is 0.0387. The van der Waals surface area contributed by atoms with Crippen molar-refractivity contribution in [3.05, 3.63) is 64.7 Å². The van der Waals surface area contributed by atoms with Gasteiger partial charge in [-0.3, -0.25) is 9.89 Å². The topological polar surface area (TPSA) is 120 Å². The summed E-state index contributed by atoms with van der Waals surface area (Å²) in [5.41, 5.74) is -0.493. The number of alkyl halides is 3. The first kappa shape index (κ1) is 22.1. The van der Waals surface area contributed by atoms with Crippen LogP contribution < -0.4 is 20.3 Å². The third kappa shape index (κ3) is 3.96. The second-order valence-electron chi connectivity index (χ2n) is 7.35. The zero-order valence-electron chi connectivity index (χ0n) is 18.2. The molecule has 0 amide bonds. The summed E-state index contributed by atoms with van der Waals surface area (Å²) < 4.78 is 51.0. The summed E-state index contributed by atoms with van der Waals surface area (Å²) in [5.74, 6) is 1.52. The molecule has 0 fully saturated rings. The van der Waals surface area contributed by atoms with Crippen LogP contribution in [-0.4, -0.2) is 44.2 Å². The molecule has 0 aliphatic carbocycles. The Bertz CT molecular complexity index is 1630. The second kappa shape index (κ2) is 8.27. The molecule has 0 saturated carbocycles. The normalized spacial score (nSPS) is 11.7. The number of ether oxygens (including phenoxy) is 2. The summed E-state index contributed by atoms with van der Waals surface area (Å²) in [5, 5.41) is 14.7. The van der Waals surface area contributed by atoms with E-state index >= 15 is 0 Å². The molecule has 3 heterocycles. The minimum atomic E-state index is -4.57. The Morgan fingerprint density at radius 1 is 1.00 bits per heavy atom. The van der Waals surface area contributed by atoms with Crippen molar-refractivity contribution >= 4 is 33.6 Å². The Morgan fingerprint density at radius 3 is 2.51 bits per heavy atom. The molecular formula is C22H16F3N7O3. The summed E-state index contributed by atoms with van der Waals surface area (Å²) in [6.45, 7) is 0. The molecule has 0 atom stereocenters. The van der Waals surface area contributed by atoms with Gasteiger partial charge in [0.05, 0.1) is 36.5 Å². The van der Waals surface area contributed by atoms with Gasteiger partial charge in [0.2, 0.25) is 0 Å². The lowest BCUT2D eigenvalue weighted by Crippen LogP contribution is -2.20. The van der Waals surface area contributed by atoms with E-state index in [9.17, 15) is 18.0 Å². The van der Waals surface area contributed by atoms with Crippen molar-refractivity contribution in [1.82, 2.24) is 29.9 Å². The summed E-state index contributed by atoms with van der Waals surface area (Å²) in [6.07, 6.45) is -3.22. The largest absolute Gasteiger partial charge is 0.493 e. The fourth-order valence-corrected chi connectivity index (χ4v) is 3.57. The molecule has 0 aliphatic heterocycles. The van der Waals surface area contributed by atoms with Crippen LogP contribution >= 0.6 is 0 Å². The van der Waals surface area contributed by atoms with Crippen LogP contribution in [0.25, 0.3) is 27.6 Å². The summed E-state index contributed by atoms with van der Waals surface area (Å²) in [7, 11) is 3.01. The van der Waals surface area contributed by atoms with Gasteiger partial charge >= 0.3 is 6.18 Å². The number of nitrogens with zero attached hydrogens (tertiary/aromatic N) is 5. The molecule has 5 rings (SSSR count). The van der Waals surface area contributed by atoms with Crippen molar-refractivity contribution in [3.8, 4) is 17.2 Å². The van der Waals surface area contributed by atoms with Crippen LogP contribution in [0.2, 0.25) is 0 Å². The Kier molecular flexibility index (Phi) is 5.23. The molecule has 5 aromatic rings. The summed E-state index contributed by atoms with van der Waals surface area (Å²) >= 11 is 0. The maximum absolute atomic E-state index is 13.2. The van der Waals surface area contributed by atoms with Crippen LogP contribution in [0.1, 0.15) is 5.56 Å². The van der Waals surface area contributed by atoms with Gasteiger partial charge in [-0.1, -0.05) is 6.07 Å². The van der Waals surface area contributed by atoms with E-state index < -0.39 is 17.3 Å². The Balaban J connectivity index is 1.61. The van der Waals surface area contributed by atoms with E-state index in [-0.39, 0.29) is 17.0 Å². The third-order valence-corrected chi connectivity index (χ3v) is 5.24. The number of aromatic amines is 1. The van der Waals surface area contributed by atoms with Crippen molar-refractivity contribution in [2.45, 2.75) is 6.18 Å². The van der Waals surface area contributed by atoms with Gasteiger partial charge in [-0.05, 0) is 24.3 Å². The molecule has 178 valence electrons. The molecule has 0 bridgehead atoms. The maximum Gasteiger partial charge on any atom is 0.416 e. The SMILES string of the molecule is COc1cc2ncnc(Nc3n[nH]c4cc(=O)n(-c5cccc(C(F)(F)F)c5)nc34)c2cc1OC. The highest BCUT2D eigenvalue weighted by Crippen LogP contribution is 2.35. The van der Waals surface area contributed by atoms with E-state index in [4.69, 9.17) is 9.47 Å². The minimum Gasteiger partial charge on any atom is -0.493 e. The molecule has 35 heavy (non-hydrogen) atoms. The third-order valence-electron chi connectivity index (χ3n) is 5.24. The quantitative estimate of drug-likeness (QED) is 0.387. The molecule has 0 radical (unpaired) electrons. The number of anilines is 2. The van der Waals surface area contributed by atoms with E-state index in [1.54, 1.807) is 12.1 Å². The van der Waals surface area contributed by atoms with E-state index in [1.807, 2.05) is 0 Å². The molecular weight excluding hydrogens is 467 g/mol. The molecule has 10 nitrogen and oxygen atoms in total. The highest BCUT2D eigenvalue weighted by atomic mass is 19.4. The number of hydrogen-bond donors (Lipinski definition) is 2. The zero-order valence-corrected chi connectivity index (χ0v) is 18.2. The fraction of sp³-hybridized carbons (Fsp3) is 0.136. The Morgan fingerprint density at radius 2 is 1.77 bits per heavy atom. The van der Waals surface area contributed by atoms with Crippen molar-refractivity contribution in [3.63, 3.8) is 0 Å². The van der Waals surface area contributed by atoms with Gasteiger partial charge in [-0.2, -0.15) is 28.1 Å². The van der Waals surface area contributed by atoms with E-state index in [0.29, 0.717) is 33.7 Å². The molecule has 0 unspecified atom stereocenters. The van der Waals surface area contributed by atoms with Crippen molar-refractivity contribution in [1.29, 1.82) is 0 Å². The van der Waals surface area contributed by atoms with Gasteiger partial charge < -0.3 is 14.8 Å². The predicted octanol–water partition coefficient (Wildman–Crippen LogP) is 3.83. The van der Waals surface area contributed by atoms with Crippen LogP contribution in [0.15, 0.2) is 53.6 Å². The number of rotatable bonds is 5. The molecule has 0 spiro atoms. The van der Waals surface area contributed by atoms with Gasteiger partial charge in [0.1, 0.15) is 12.1 Å². The standard InChI is InChI=1S/C22H16F3N7O3/c1-34-16-7-13-14(8-17(16)35-2)26-10-27-20(13)28-21-19-15(29-30-21)9-18(33)32(31-19)12-5-3-4-11(6-12)22(23,24)25/h3-10,29H,1-2H3,(H,26,27,28,30). The average Bonchev–Trinajstić information content (AvgIpc) is 3.23. The van der Waals surface area contributed by atoms with Crippen LogP contribution in [0.4, 0.5) is 24.8 Å². The number of H-pyrrole nitrogens is 1. The van der Waals surface area contributed by atoms with Gasteiger partial charge in [0.15, 0.2) is 22.8 Å². The van der Waals surface area contributed by atoms with Crippen LogP contribution in [0, 0.1) is 0 Å². The van der Waals surface area contributed by atoms with Gasteiger partial charge in [0, 0.05) is 17.5 Å². The first-order valence-electron chi connectivity index (χ1n) is 10.1. The number of hydrogen-bond acceptors (Lipinski definition) is 8. The molecule has 2 N–H and O–H groups in total. The second-order valence-corrected chi connectivity index (χ2v) is 7.35. The Hall–Kier alpha value is -4.68.